The molecule has 2 aliphatic rings. The van der Waals surface area contributed by atoms with Gasteiger partial charge in [0, 0.05) is 31.0 Å². The smallest absolute Gasteiger partial charge is 0.303 e. The molecule has 6 nitrogen and oxygen atoms in total. The second-order valence-electron chi connectivity index (χ2n) is 5.97. The highest BCUT2D eigenvalue weighted by Gasteiger charge is 2.32. The number of rotatable bonds is 5. The van der Waals surface area contributed by atoms with E-state index in [1.165, 1.54) is 0 Å². The molecule has 1 saturated heterocycles. The van der Waals surface area contributed by atoms with Crippen molar-refractivity contribution in [2.24, 2.45) is 0 Å². The first-order valence-corrected chi connectivity index (χ1v) is 7.64. The zero-order chi connectivity index (χ0) is 14.8. The largest absolute Gasteiger partial charge is 0.481 e. The summed E-state index contributed by atoms with van der Waals surface area (Å²) in [5.74, 6) is 0.298. The van der Waals surface area contributed by atoms with E-state index in [1.807, 2.05) is 0 Å². The van der Waals surface area contributed by atoms with Gasteiger partial charge in [-0.05, 0) is 38.5 Å². The molecular formula is C15H20N2O4. The van der Waals surface area contributed by atoms with Gasteiger partial charge in [-0.25, -0.2) is 0 Å². The molecule has 1 aromatic heterocycles. The summed E-state index contributed by atoms with van der Waals surface area (Å²) in [5.41, 5.74) is 0.360. The number of hydrogen-bond donors (Lipinski definition) is 1. The number of carbonyl (C=O) groups is 2. The summed E-state index contributed by atoms with van der Waals surface area (Å²) in [7, 11) is 0. The summed E-state index contributed by atoms with van der Waals surface area (Å²) in [6, 6.07) is 1.76. The van der Waals surface area contributed by atoms with Crippen molar-refractivity contribution in [3.63, 3.8) is 0 Å². The first kappa shape index (κ1) is 14.1. The van der Waals surface area contributed by atoms with Crippen molar-refractivity contribution in [3.05, 3.63) is 17.5 Å². The highest BCUT2D eigenvalue weighted by Crippen LogP contribution is 2.40. The van der Waals surface area contributed by atoms with Gasteiger partial charge in [0.15, 0.2) is 5.69 Å². The highest BCUT2D eigenvalue weighted by atomic mass is 16.5. The third kappa shape index (κ3) is 3.25. The molecule has 0 radical (unpaired) electrons. The van der Waals surface area contributed by atoms with Crippen LogP contribution in [0.25, 0.3) is 0 Å². The molecule has 114 valence electrons. The quantitative estimate of drug-likeness (QED) is 0.901. The molecule has 1 aliphatic heterocycles. The number of carboxylic acid groups (broad SMARTS) is 1. The summed E-state index contributed by atoms with van der Waals surface area (Å²) in [4.78, 5) is 25.1. The number of carbonyl (C=O) groups excluding carboxylic acids is 1. The van der Waals surface area contributed by atoms with Crippen molar-refractivity contribution in [1.82, 2.24) is 10.1 Å². The van der Waals surface area contributed by atoms with Gasteiger partial charge in [0.1, 0.15) is 5.76 Å². The Labute approximate surface area is 123 Å². The molecule has 0 bridgehead atoms. The van der Waals surface area contributed by atoms with Gasteiger partial charge in [-0.15, -0.1) is 0 Å². The van der Waals surface area contributed by atoms with E-state index in [-0.39, 0.29) is 18.4 Å². The predicted octanol–water partition coefficient (Wildman–Crippen LogP) is 2.41. The van der Waals surface area contributed by atoms with Crippen LogP contribution in [0.3, 0.4) is 0 Å². The van der Waals surface area contributed by atoms with Gasteiger partial charge >= 0.3 is 5.97 Å². The van der Waals surface area contributed by atoms with Gasteiger partial charge in [0.05, 0.1) is 0 Å². The van der Waals surface area contributed by atoms with Gasteiger partial charge in [-0.3, -0.25) is 9.59 Å². The number of aromatic nitrogens is 1. The molecule has 2 heterocycles. The van der Waals surface area contributed by atoms with E-state index in [9.17, 15) is 9.59 Å². The number of carboxylic acids is 1. The number of aliphatic carboxylic acids is 1. The minimum absolute atomic E-state index is 0.00317. The van der Waals surface area contributed by atoms with Crippen LogP contribution >= 0.6 is 0 Å². The van der Waals surface area contributed by atoms with Gasteiger partial charge in [0.25, 0.3) is 5.91 Å². The molecule has 0 unspecified atom stereocenters. The van der Waals surface area contributed by atoms with E-state index in [0.717, 1.165) is 37.9 Å². The first-order valence-electron chi connectivity index (χ1n) is 7.64. The van der Waals surface area contributed by atoms with Crippen molar-refractivity contribution in [2.45, 2.75) is 56.9 Å². The Balaban J connectivity index is 1.68. The van der Waals surface area contributed by atoms with Crippen LogP contribution < -0.4 is 0 Å². The lowest BCUT2D eigenvalue weighted by atomic mass is 9.97. The highest BCUT2D eigenvalue weighted by molar-refractivity contribution is 5.92. The lowest BCUT2D eigenvalue weighted by Crippen LogP contribution is -2.44. The van der Waals surface area contributed by atoms with Crippen LogP contribution in [0.4, 0.5) is 0 Å². The topological polar surface area (TPSA) is 83.6 Å². The Morgan fingerprint density at radius 2 is 2.14 bits per heavy atom. The maximum atomic E-state index is 12.6. The minimum atomic E-state index is -0.814. The SMILES string of the molecule is O=C(O)CC[C@@H]1CCCCN1C(=O)c1cc(C2CC2)on1. The third-order valence-corrected chi connectivity index (χ3v) is 4.31. The molecule has 2 fully saturated rings. The summed E-state index contributed by atoms with van der Waals surface area (Å²) < 4.78 is 5.24. The fraction of sp³-hybridized carbons (Fsp3) is 0.667. The van der Waals surface area contributed by atoms with Crippen molar-refractivity contribution in [2.75, 3.05) is 6.54 Å². The van der Waals surface area contributed by atoms with Crippen LogP contribution in [0, 0.1) is 0 Å². The molecule has 0 aromatic carbocycles. The average Bonchev–Trinajstić information content (AvgIpc) is 3.22. The second kappa shape index (κ2) is 5.87. The summed E-state index contributed by atoms with van der Waals surface area (Å²) in [6.07, 6.45) is 5.69. The van der Waals surface area contributed by atoms with Crippen LogP contribution in [-0.2, 0) is 4.79 Å². The van der Waals surface area contributed by atoms with Crippen molar-refractivity contribution in [1.29, 1.82) is 0 Å². The van der Waals surface area contributed by atoms with E-state index in [1.54, 1.807) is 11.0 Å². The maximum absolute atomic E-state index is 12.6. The normalized spacial score (nSPS) is 22.3. The molecule has 0 spiro atoms. The Kier molecular flexibility index (Phi) is 3.94. The van der Waals surface area contributed by atoms with Crippen molar-refractivity contribution in [3.8, 4) is 0 Å². The molecule has 1 atom stereocenters. The number of likely N-dealkylation sites (tertiary alicyclic amines) is 1. The lowest BCUT2D eigenvalue weighted by molar-refractivity contribution is -0.137. The molecule has 1 N–H and O–H groups in total. The van der Waals surface area contributed by atoms with E-state index in [2.05, 4.69) is 5.16 Å². The molecule has 1 aliphatic carbocycles. The Bertz CT molecular complexity index is 536. The Hall–Kier alpha value is -1.85. The van der Waals surface area contributed by atoms with Gasteiger partial charge in [0.2, 0.25) is 0 Å². The van der Waals surface area contributed by atoms with Crippen molar-refractivity contribution < 1.29 is 19.2 Å². The van der Waals surface area contributed by atoms with Crippen LogP contribution in [-0.4, -0.2) is 39.6 Å². The van der Waals surface area contributed by atoms with Crippen LogP contribution in [0.2, 0.25) is 0 Å². The van der Waals surface area contributed by atoms with Crippen LogP contribution in [0.1, 0.15) is 67.1 Å². The van der Waals surface area contributed by atoms with Crippen LogP contribution in [0.15, 0.2) is 10.6 Å². The number of nitrogens with zero attached hydrogens (tertiary/aromatic N) is 2. The molecule has 1 aromatic rings. The second-order valence-corrected chi connectivity index (χ2v) is 5.97. The zero-order valence-electron chi connectivity index (χ0n) is 12.0. The summed E-state index contributed by atoms with van der Waals surface area (Å²) >= 11 is 0. The Morgan fingerprint density at radius 1 is 1.33 bits per heavy atom. The van der Waals surface area contributed by atoms with Crippen LogP contribution in [0.5, 0.6) is 0 Å². The molecule has 6 heteroatoms. The lowest BCUT2D eigenvalue weighted by Gasteiger charge is -2.35. The summed E-state index contributed by atoms with van der Waals surface area (Å²) in [5, 5.41) is 12.7. The molecule has 3 rings (SSSR count). The number of piperidine rings is 1. The standard InChI is InChI=1S/C15H20N2O4/c18-14(19)7-6-11-3-1-2-8-17(11)15(20)12-9-13(21-16-12)10-4-5-10/h9-11H,1-8H2,(H,18,19)/t11-/m0/s1. The van der Waals surface area contributed by atoms with Gasteiger partial charge in [-0.2, -0.15) is 0 Å². The maximum Gasteiger partial charge on any atom is 0.303 e. The minimum Gasteiger partial charge on any atom is -0.481 e. The number of amides is 1. The molecule has 21 heavy (non-hydrogen) atoms. The predicted molar refractivity (Wildman–Crippen MR) is 74.0 cm³/mol. The van der Waals surface area contributed by atoms with E-state index in [4.69, 9.17) is 9.63 Å². The fourth-order valence-corrected chi connectivity index (χ4v) is 2.96. The van der Waals surface area contributed by atoms with E-state index in [0.29, 0.717) is 24.6 Å². The van der Waals surface area contributed by atoms with Crippen molar-refractivity contribution >= 4 is 11.9 Å². The monoisotopic (exact) mass is 292 g/mol. The van der Waals surface area contributed by atoms with Gasteiger partial charge in [-0.1, -0.05) is 5.16 Å². The Morgan fingerprint density at radius 3 is 2.86 bits per heavy atom. The van der Waals surface area contributed by atoms with E-state index >= 15 is 0 Å². The van der Waals surface area contributed by atoms with E-state index < -0.39 is 5.97 Å². The molecule has 1 saturated carbocycles. The average molecular weight is 292 g/mol. The first-order chi connectivity index (χ1) is 10.1. The molecular weight excluding hydrogens is 272 g/mol. The number of hydrogen-bond acceptors (Lipinski definition) is 4. The zero-order valence-corrected chi connectivity index (χ0v) is 12.0. The van der Waals surface area contributed by atoms with Gasteiger partial charge < -0.3 is 14.5 Å². The summed E-state index contributed by atoms with van der Waals surface area (Å²) in [6.45, 7) is 0.675. The fourth-order valence-electron chi connectivity index (χ4n) is 2.96. The molecule has 1 amide bonds. The third-order valence-electron chi connectivity index (χ3n) is 4.31.